The summed E-state index contributed by atoms with van der Waals surface area (Å²) in [7, 11) is 0. The highest BCUT2D eigenvalue weighted by Crippen LogP contribution is 2.67. The second-order valence-corrected chi connectivity index (χ2v) is 6.08. The summed E-state index contributed by atoms with van der Waals surface area (Å²) in [6, 6.07) is 20.3. The lowest BCUT2D eigenvalue weighted by atomic mass is 9.96. The van der Waals surface area contributed by atoms with E-state index in [-0.39, 0.29) is 5.54 Å². The maximum absolute atomic E-state index is 6.59. The molecule has 0 amide bonds. The Morgan fingerprint density at radius 3 is 1.95 bits per heavy atom. The number of anilines is 1. The number of halogens is 2. The quantitative estimate of drug-likeness (QED) is 0.440. The Balaban J connectivity index is 2.09. The minimum Gasteiger partial charge on any atom is -0.323 e. The third-order valence-corrected chi connectivity index (χ3v) is 4.85. The first-order chi connectivity index (χ1) is 9.14. The number of hydrogen-bond acceptors (Lipinski definition) is 1. The highest BCUT2D eigenvalue weighted by atomic mass is 35.5. The minimum absolute atomic E-state index is 0.335. The zero-order chi connectivity index (χ0) is 13.5. The molecule has 3 rings (SSSR count). The molecule has 1 unspecified atom stereocenters. The Morgan fingerprint density at radius 2 is 1.42 bits per heavy atom. The van der Waals surface area contributed by atoms with Gasteiger partial charge in [-0.1, -0.05) is 78.7 Å². The van der Waals surface area contributed by atoms with Crippen molar-refractivity contribution in [1.29, 1.82) is 0 Å². The third-order valence-electron chi connectivity index (χ3n) is 3.89. The smallest absolute Gasteiger partial charge is 0.219 e. The molecule has 0 saturated carbocycles. The van der Waals surface area contributed by atoms with Crippen LogP contribution >= 0.6 is 23.2 Å². The van der Waals surface area contributed by atoms with Crippen LogP contribution in [0.5, 0.6) is 0 Å². The first-order valence-corrected chi connectivity index (χ1v) is 7.19. The van der Waals surface area contributed by atoms with Crippen LogP contribution in [0.2, 0.25) is 0 Å². The third kappa shape index (κ3) is 1.69. The van der Waals surface area contributed by atoms with Crippen LogP contribution in [0.15, 0.2) is 60.7 Å². The second-order valence-electron chi connectivity index (χ2n) is 4.79. The lowest BCUT2D eigenvalue weighted by Gasteiger charge is -2.15. The van der Waals surface area contributed by atoms with Crippen LogP contribution in [0.3, 0.4) is 0 Å². The van der Waals surface area contributed by atoms with Gasteiger partial charge in [-0.2, -0.15) is 0 Å². The lowest BCUT2D eigenvalue weighted by Crippen LogP contribution is -2.16. The summed E-state index contributed by atoms with van der Waals surface area (Å²) >= 11 is 13.2. The van der Waals surface area contributed by atoms with E-state index in [9.17, 15) is 0 Å². The fourth-order valence-electron chi connectivity index (χ4n) is 2.90. The van der Waals surface area contributed by atoms with Crippen molar-refractivity contribution < 1.29 is 0 Å². The van der Waals surface area contributed by atoms with E-state index in [2.05, 4.69) is 24.0 Å². The summed E-state index contributed by atoms with van der Waals surface area (Å²) in [6.45, 7) is 2.12. The maximum atomic E-state index is 6.59. The van der Waals surface area contributed by atoms with Crippen LogP contribution in [0.25, 0.3) is 0 Å². The molecule has 0 bridgehead atoms. The molecule has 0 aromatic heterocycles. The molecule has 2 aromatic carbocycles. The first-order valence-electron chi connectivity index (χ1n) is 6.43. The molecular formula is C16H15Cl2N. The molecule has 1 atom stereocenters. The monoisotopic (exact) mass is 291 g/mol. The van der Waals surface area contributed by atoms with Gasteiger partial charge in [-0.15, -0.1) is 0 Å². The minimum atomic E-state index is -0.884. The number of alkyl halides is 2. The zero-order valence-corrected chi connectivity index (χ0v) is 12.2. The van der Waals surface area contributed by atoms with Gasteiger partial charge < -0.3 is 4.90 Å². The molecule has 0 spiro atoms. The van der Waals surface area contributed by atoms with Crippen LogP contribution in [-0.4, -0.2) is 4.46 Å². The van der Waals surface area contributed by atoms with Gasteiger partial charge in [0.15, 0.2) is 0 Å². The van der Waals surface area contributed by atoms with Crippen molar-refractivity contribution >= 4 is 28.9 Å². The molecule has 0 radical (unpaired) electrons. The van der Waals surface area contributed by atoms with Gasteiger partial charge in [-0.3, -0.25) is 0 Å². The standard InChI is InChI=1S/C16H15Cl2N/c1-2-15(13-9-5-3-6-10-13)16(17,18)19(15)14-11-7-4-8-12-14/h3-12H,2H2,1H3. The SMILES string of the molecule is CCC1(c2ccccc2)N(c2ccccc2)C1(Cl)Cl. The van der Waals surface area contributed by atoms with E-state index < -0.39 is 4.46 Å². The fourth-order valence-corrected chi connectivity index (χ4v) is 3.95. The molecule has 1 nitrogen and oxygen atoms in total. The lowest BCUT2D eigenvalue weighted by molar-refractivity contribution is 0.653. The Bertz CT molecular complexity index is 568. The molecule has 1 aliphatic heterocycles. The van der Waals surface area contributed by atoms with Gasteiger partial charge in [0.1, 0.15) is 5.54 Å². The predicted octanol–water partition coefficient (Wildman–Crippen LogP) is 4.94. The summed E-state index contributed by atoms with van der Waals surface area (Å²) in [6.07, 6.45) is 0.860. The Labute approximate surface area is 123 Å². The molecule has 0 aliphatic carbocycles. The molecule has 2 aromatic rings. The molecule has 0 N–H and O–H groups in total. The zero-order valence-electron chi connectivity index (χ0n) is 10.7. The molecular weight excluding hydrogens is 277 g/mol. The molecule has 1 saturated heterocycles. The van der Waals surface area contributed by atoms with Gasteiger partial charge in [0.05, 0.1) is 0 Å². The van der Waals surface area contributed by atoms with Gasteiger partial charge in [-0.25, -0.2) is 0 Å². The maximum Gasteiger partial charge on any atom is 0.219 e. The van der Waals surface area contributed by atoms with Crippen LogP contribution in [0.4, 0.5) is 5.69 Å². The summed E-state index contributed by atoms with van der Waals surface area (Å²) in [5.74, 6) is 0. The van der Waals surface area contributed by atoms with E-state index in [1.54, 1.807) is 0 Å². The molecule has 1 fully saturated rings. The van der Waals surface area contributed by atoms with Crippen LogP contribution in [0, 0.1) is 0 Å². The van der Waals surface area contributed by atoms with Crippen molar-refractivity contribution in [2.45, 2.75) is 23.3 Å². The van der Waals surface area contributed by atoms with E-state index in [1.165, 1.54) is 0 Å². The highest BCUT2D eigenvalue weighted by molar-refractivity contribution is 6.54. The van der Waals surface area contributed by atoms with E-state index in [4.69, 9.17) is 23.2 Å². The number of hydrogen-bond donors (Lipinski definition) is 0. The van der Waals surface area contributed by atoms with Gasteiger partial charge in [0, 0.05) is 5.69 Å². The summed E-state index contributed by atoms with van der Waals surface area (Å²) < 4.78 is -0.884. The number of para-hydroxylation sites is 1. The fraction of sp³-hybridized carbons (Fsp3) is 0.250. The van der Waals surface area contributed by atoms with Gasteiger partial charge in [-0.05, 0) is 24.1 Å². The summed E-state index contributed by atoms with van der Waals surface area (Å²) in [5, 5.41) is 0. The molecule has 3 heteroatoms. The van der Waals surface area contributed by atoms with Crippen molar-refractivity contribution in [3.63, 3.8) is 0 Å². The molecule has 19 heavy (non-hydrogen) atoms. The van der Waals surface area contributed by atoms with E-state index in [0.29, 0.717) is 0 Å². The van der Waals surface area contributed by atoms with E-state index in [0.717, 1.165) is 17.7 Å². The largest absolute Gasteiger partial charge is 0.323 e. The van der Waals surface area contributed by atoms with Crippen molar-refractivity contribution in [2.75, 3.05) is 4.90 Å². The van der Waals surface area contributed by atoms with Gasteiger partial charge in [0.2, 0.25) is 4.46 Å². The van der Waals surface area contributed by atoms with Crippen LogP contribution in [0.1, 0.15) is 18.9 Å². The Morgan fingerprint density at radius 1 is 0.895 bits per heavy atom. The van der Waals surface area contributed by atoms with E-state index >= 15 is 0 Å². The first kappa shape index (κ1) is 12.8. The van der Waals surface area contributed by atoms with Crippen molar-refractivity contribution in [3.8, 4) is 0 Å². The normalized spacial score (nSPS) is 24.3. The summed E-state index contributed by atoms with van der Waals surface area (Å²) in [4.78, 5) is 2.08. The van der Waals surface area contributed by atoms with Crippen LogP contribution in [-0.2, 0) is 5.54 Å². The van der Waals surface area contributed by atoms with Crippen molar-refractivity contribution in [1.82, 2.24) is 0 Å². The Hall–Kier alpha value is -1.18. The predicted molar refractivity (Wildman–Crippen MR) is 81.8 cm³/mol. The van der Waals surface area contributed by atoms with Crippen molar-refractivity contribution in [2.24, 2.45) is 0 Å². The molecule has 1 aliphatic rings. The van der Waals surface area contributed by atoms with Crippen LogP contribution < -0.4 is 4.90 Å². The van der Waals surface area contributed by atoms with Gasteiger partial charge in [0.25, 0.3) is 0 Å². The number of rotatable bonds is 3. The topological polar surface area (TPSA) is 3.01 Å². The Kier molecular flexibility index (Phi) is 2.99. The molecule has 1 heterocycles. The average molecular weight is 292 g/mol. The number of nitrogens with zero attached hydrogens (tertiary/aromatic N) is 1. The van der Waals surface area contributed by atoms with E-state index in [1.807, 2.05) is 48.5 Å². The second kappa shape index (κ2) is 4.43. The average Bonchev–Trinajstić information content (AvgIpc) is 2.98. The summed E-state index contributed by atoms with van der Waals surface area (Å²) in [5.41, 5.74) is 1.88. The van der Waals surface area contributed by atoms with Gasteiger partial charge >= 0.3 is 0 Å². The highest BCUT2D eigenvalue weighted by Gasteiger charge is 2.74. The molecule has 98 valence electrons. The van der Waals surface area contributed by atoms with Crippen molar-refractivity contribution in [3.05, 3.63) is 66.2 Å². The number of benzene rings is 2.